The van der Waals surface area contributed by atoms with Crippen LogP contribution < -0.4 is 0 Å². The van der Waals surface area contributed by atoms with E-state index in [4.69, 9.17) is 9.05 Å². The molecule has 2 aromatic heterocycles. The molecule has 5 nitrogen and oxygen atoms in total. The zero-order chi connectivity index (χ0) is 28.0. The topological polar surface area (TPSA) is 45.4 Å². The first-order chi connectivity index (χ1) is 20.1. The van der Waals surface area contributed by atoms with Crippen molar-refractivity contribution in [2.24, 2.45) is 0 Å². The number of para-hydroxylation sites is 4. The van der Waals surface area contributed by atoms with E-state index in [0.717, 1.165) is 39.0 Å². The molecule has 0 unspecified atom stereocenters. The molecule has 0 fully saturated rings. The van der Waals surface area contributed by atoms with Crippen molar-refractivity contribution in [3.63, 3.8) is 0 Å². The number of nitrogens with zero attached hydrogens (tertiary/aromatic N) is 2. The van der Waals surface area contributed by atoms with Gasteiger partial charge in [0, 0.05) is 32.9 Å². The van der Waals surface area contributed by atoms with E-state index in [0.29, 0.717) is 13.2 Å². The summed E-state index contributed by atoms with van der Waals surface area (Å²) in [5, 5.41) is 4.78. The summed E-state index contributed by atoms with van der Waals surface area (Å²) in [5.74, 6) is 0. The molecule has 0 amide bonds. The van der Waals surface area contributed by atoms with Crippen LogP contribution in [0, 0.1) is 0 Å². The molecule has 5 aromatic carbocycles. The van der Waals surface area contributed by atoms with E-state index >= 15 is 0 Å². The van der Waals surface area contributed by atoms with Crippen molar-refractivity contribution in [2.75, 3.05) is 13.2 Å². The largest absolute Gasteiger partial charge is 0.335 e. The first-order valence-electron chi connectivity index (χ1n) is 14.1. The van der Waals surface area contributed by atoms with E-state index < -0.39 is 7.60 Å². The standard InChI is InChI=1S/C35H31N2O3P/c1-3-39-41(38,40-4-2)24-25-21-26(36-32-17-9-5-13-28(32)29-14-6-10-18-33(29)36)23-27(22-25)37-34-19-11-7-15-30(34)31-16-8-12-20-35(31)37/h5-23H,3-4,24H2,1-2H3. The Morgan fingerprint density at radius 2 is 0.878 bits per heavy atom. The summed E-state index contributed by atoms with van der Waals surface area (Å²) >= 11 is 0. The van der Waals surface area contributed by atoms with Gasteiger partial charge in [-0.15, -0.1) is 0 Å². The Labute approximate surface area is 239 Å². The molecular weight excluding hydrogens is 527 g/mol. The summed E-state index contributed by atoms with van der Waals surface area (Å²) in [7, 11) is -3.35. The number of fused-ring (bicyclic) bond motifs is 6. The van der Waals surface area contributed by atoms with E-state index in [1.165, 1.54) is 21.5 Å². The maximum Gasteiger partial charge on any atom is 0.335 e. The van der Waals surface area contributed by atoms with Gasteiger partial charge in [0.2, 0.25) is 0 Å². The predicted octanol–water partition coefficient (Wildman–Crippen LogP) is 9.65. The number of hydrogen-bond acceptors (Lipinski definition) is 3. The Balaban J connectivity index is 1.55. The third-order valence-electron chi connectivity index (χ3n) is 7.67. The smallest absolute Gasteiger partial charge is 0.309 e. The highest BCUT2D eigenvalue weighted by Crippen LogP contribution is 2.52. The summed E-state index contributed by atoms with van der Waals surface area (Å²) in [6.07, 6.45) is 0.184. The fourth-order valence-electron chi connectivity index (χ4n) is 6.15. The molecule has 0 aliphatic heterocycles. The van der Waals surface area contributed by atoms with Crippen LogP contribution in [0.15, 0.2) is 115 Å². The summed E-state index contributed by atoms with van der Waals surface area (Å²) in [5.41, 5.74) is 7.38. The highest BCUT2D eigenvalue weighted by molar-refractivity contribution is 7.53. The van der Waals surface area contributed by atoms with Gasteiger partial charge in [0.25, 0.3) is 0 Å². The Morgan fingerprint density at radius 1 is 0.537 bits per heavy atom. The van der Waals surface area contributed by atoms with Gasteiger partial charge < -0.3 is 18.2 Å². The van der Waals surface area contributed by atoms with Crippen LogP contribution in [0.2, 0.25) is 0 Å². The molecule has 0 radical (unpaired) electrons. The van der Waals surface area contributed by atoms with E-state index in [1.54, 1.807) is 0 Å². The van der Waals surface area contributed by atoms with Crippen molar-refractivity contribution in [2.45, 2.75) is 20.0 Å². The molecule has 0 aliphatic carbocycles. The van der Waals surface area contributed by atoms with Crippen molar-refractivity contribution < 1.29 is 13.6 Å². The minimum Gasteiger partial charge on any atom is -0.309 e. The van der Waals surface area contributed by atoms with Crippen LogP contribution in [0.3, 0.4) is 0 Å². The fourth-order valence-corrected chi connectivity index (χ4v) is 7.83. The Morgan fingerprint density at radius 3 is 1.22 bits per heavy atom. The monoisotopic (exact) mass is 558 g/mol. The van der Waals surface area contributed by atoms with Gasteiger partial charge >= 0.3 is 7.60 Å². The second-order valence-electron chi connectivity index (χ2n) is 10.2. The summed E-state index contributed by atoms with van der Waals surface area (Å²) in [4.78, 5) is 0. The minimum atomic E-state index is -3.35. The van der Waals surface area contributed by atoms with Gasteiger partial charge in [-0.25, -0.2) is 0 Å². The van der Waals surface area contributed by atoms with Crippen LogP contribution in [-0.4, -0.2) is 22.3 Å². The lowest BCUT2D eigenvalue weighted by atomic mass is 10.1. The lowest BCUT2D eigenvalue weighted by Gasteiger charge is -2.19. The zero-order valence-corrected chi connectivity index (χ0v) is 24.1. The highest BCUT2D eigenvalue weighted by atomic mass is 31.2. The van der Waals surface area contributed by atoms with Crippen LogP contribution in [0.25, 0.3) is 55.0 Å². The van der Waals surface area contributed by atoms with E-state index in [-0.39, 0.29) is 6.16 Å². The van der Waals surface area contributed by atoms with Gasteiger partial charge in [-0.05, 0) is 61.9 Å². The van der Waals surface area contributed by atoms with E-state index in [9.17, 15) is 4.57 Å². The lowest BCUT2D eigenvalue weighted by molar-refractivity contribution is 0.219. The first kappa shape index (κ1) is 25.8. The van der Waals surface area contributed by atoms with Crippen molar-refractivity contribution >= 4 is 51.2 Å². The Hall–Kier alpha value is -4.15. The van der Waals surface area contributed by atoms with Crippen LogP contribution in [0.5, 0.6) is 0 Å². The molecule has 0 spiro atoms. The summed E-state index contributed by atoms with van der Waals surface area (Å²) < 4.78 is 29.8. The molecular formula is C35H31N2O3P. The average Bonchev–Trinajstić information content (AvgIpc) is 3.50. The van der Waals surface area contributed by atoms with Crippen LogP contribution in [0.1, 0.15) is 19.4 Å². The van der Waals surface area contributed by atoms with Crippen molar-refractivity contribution in [3.05, 3.63) is 121 Å². The SMILES string of the molecule is CCOP(=O)(Cc1cc(-n2c3ccccc3c3ccccc32)cc(-n2c3ccccc3c3ccccc32)c1)OCC. The third-order valence-corrected chi connectivity index (χ3v) is 9.72. The number of benzene rings is 5. The van der Waals surface area contributed by atoms with Gasteiger partial charge in [-0.1, -0.05) is 72.8 Å². The molecule has 7 aromatic rings. The average molecular weight is 559 g/mol. The predicted molar refractivity (Wildman–Crippen MR) is 170 cm³/mol. The lowest BCUT2D eigenvalue weighted by Crippen LogP contribution is -2.03. The maximum atomic E-state index is 13.8. The van der Waals surface area contributed by atoms with Gasteiger partial charge in [0.05, 0.1) is 41.4 Å². The number of aromatic nitrogens is 2. The van der Waals surface area contributed by atoms with E-state index in [2.05, 4.69) is 124 Å². The van der Waals surface area contributed by atoms with Gasteiger partial charge in [0.15, 0.2) is 0 Å². The first-order valence-corrected chi connectivity index (χ1v) is 15.8. The molecule has 2 heterocycles. The summed E-state index contributed by atoms with van der Waals surface area (Å²) in [6.45, 7) is 4.35. The number of hydrogen-bond donors (Lipinski definition) is 0. The number of rotatable bonds is 8. The zero-order valence-electron chi connectivity index (χ0n) is 23.2. The molecule has 6 heteroatoms. The second kappa shape index (κ2) is 10.4. The molecule has 0 saturated heterocycles. The van der Waals surface area contributed by atoms with Crippen LogP contribution in [-0.2, 0) is 19.8 Å². The van der Waals surface area contributed by atoms with Crippen molar-refractivity contribution in [1.82, 2.24) is 9.13 Å². The normalized spacial score (nSPS) is 12.2. The molecule has 0 saturated carbocycles. The van der Waals surface area contributed by atoms with Gasteiger partial charge in [0.1, 0.15) is 0 Å². The molecule has 0 aliphatic rings. The highest BCUT2D eigenvalue weighted by Gasteiger charge is 2.25. The molecule has 204 valence electrons. The minimum absolute atomic E-state index is 0.184. The van der Waals surface area contributed by atoms with E-state index in [1.807, 2.05) is 13.8 Å². The fraction of sp³-hybridized carbons (Fsp3) is 0.143. The van der Waals surface area contributed by atoms with Gasteiger partial charge in [-0.3, -0.25) is 4.57 Å². The summed E-state index contributed by atoms with van der Waals surface area (Å²) in [6, 6.07) is 40.4. The van der Waals surface area contributed by atoms with Crippen molar-refractivity contribution in [1.29, 1.82) is 0 Å². The quantitative estimate of drug-likeness (QED) is 0.174. The Bertz CT molecular complexity index is 1860. The molecule has 0 bridgehead atoms. The molecule has 41 heavy (non-hydrogen) atoms. The van der Waals surface area contributed by atoms with Crippen LogP contribution >= 0.6 is 7.60 Å². The Kier molecular flexibility index (Phi) is 6.51. The van der Waals surface area contributed by atoms with Crippen molar-refractivity contribution in [3.8, 4) is 11.4 Å². The maximum absolute atomic E-state index is 13.8. The second-order valence-corrected chi connectivity index (χ2v) is 12.3. The van der Waals surface area contributed by atoms with Gasteiger partial charge in [-0.2, -0.15) is 0 Å². The third kappa shape index (κ3) is 4.38. The molecule has 0 N–H and O–H groups in total. The molecule has 7 rings (SSSR count). The molecule has 0 atom stereocenters. The van der Waals surface area contributed by atoms with Crippen LogP contribution in [0.4, 0.5) is 0 Å².